The number of anilines is 2. The monoisotopic (exact) mass is 480 g/mol. The zero-order chi connectivity index (χ0) is 25.2. The fourth-order valence-electron chi connectivity index (χ4n) is 3.62. The van der Waals surface area contributed by atoms with Gasteiger partial charge >= 0.3 is 0 Å². The van der Waals surface area contributed by atoms with Crippen LogP contribution in [0.2, 0.25) is 0 Å². The summed E-state index contributed by atoms with van der Waals surface area (Å²) in [6.45, 7) is 0.835. The van der Waals surface area contributed by atoms with E-state index in [9.17, 15) is 9.59 Å². The molecule has 1 atom stereocenters. The first kappa shape index (κ1) is 24.5. The van der Waals surface area contributed by atoms with Gasteiger partial charge in [0.25, 0.3) is 0 Å². The first-order valence-corrected chi connectivity index (χ1v) is 11.6. The number of hydrogen-bond acceptors (Lipinski definition) is 5. The number of carbonyl (C=O) groups is 2. The second kappa shape index (κ2) is 12.2. The minimum Gasteiger partial charge on any atom is -0.468 e. The summed E-state index contributed by atoms with van der Waals surface area (Å²) in [4.78, 5) is 25.4. The molecule has 7 nitrogen and oxygen atoms in total. The normalized spacial score (nSPS) is 11.8. The van der Waals surface area contributed by atoms with Crippen LogP contribution in [0, 0.1) is 0 Å². The molecule has 1 aromatic heterocycles. The number of hydrogen-bond donors (Lipinski definition) is 4. The van der Waals surface area contributed by atoms with Gasteiger partial charge in [0.2, 0.25) is 11.8 Å². The zero-order valence-electron chi connectivity index (χ0n) is 19.7. The molecule has 3 aromatic carbocycles. The zero-order valence-corrected chi connectivity index (χ0v) is 19.7. The van der Waals surface area contributed by atoms with E-state index in [1.807, 2.05) is 66.7 Å². The van der Waals surface area contributed by atoms with Crippen LogP contribution in [-0.2, 0) is 22.7 Å². The van der Waals surface area contributed by atoms with Crippen LogP contribution in [0.3, 0.4) is 0 Å². The number of para-hydroxylation sites is 2. The Labute approximate surface area is 210 Å². The number of amides is 2. The fourth-order valence-corrected chi connectivity index (χ4v) is 3.62. The Morgan fingerprint density at radius 3 is 2.33 bits per heavy atom. The quantitative estimate of drug-likeness (QED) is 0.195. The van der Waals surface area contributed by atoms with Crippen molar-refractivity contribution < 1.29 is 14.0 Å². The Morgan fingerprint density at radius 2 is 1.61 bits per heavy atom. The predicted octanol–water partition coefficient (Wildman–Crippen LogP) is 4.66. The standard InChI is InChI=1S/C29H28N4O3/c30-25-10-4-5-11-26(25)33-27(34)17-14-21-12-15-23(16-13-21)28(31-20-24-9-6-18-36-24)29(35)32-19-22-7-2-1-3-8-22/h1-18,28,31H,19-20,30H2,(H,32,35)(H,33,34)/b17-14+. The lowest BCUT2D eigenvalue weighted by atomic mass is 10.0. The molecule has 1 unspecified atom stereocenters. The highest BCUT2D eigenvalue weighted by Gasteiger charge is 2.20. The Balaban J connectivity index is 1.42. The third-order valence-electron chi connectivity index (χ3n) is 5.55. The topological polar surface area (TPSA) is 109 Å². The Bertz CT molecular complexity index is 1300. The largest absolute Gasteiger partial charge is 0.468 e. The van der Waals surface area contributed by atoms with E-state index >= 15 is 0 Å². The van der Waals surface area contributed by atoms with Crippen LogP contribution in [0.4, 0.5) is 11.4 Å². The van der Waals surface area contributed by atoms with E-state index in [1.165, 1.54) is 6.08 Å². The lowest BCUT2D eigenvalue weighted by molar-refractivity contribution is -0.123. The molecular weight excluding hydrogens is 452 g/mol. The van der Waals surface area contributed by atoms with Gasteiger partial charge in [0.1, 0.15) is 11.8 Å². The van der Waals surface area contributed by atoms with Crippen LogP contribution in [0.15, 0.2) is 108 Å². The molecule has 0 aliphatic carbocycles. The number of nitrogens with two attached hydrogens (primary N) is 1. The van der Waals surface area contributed by atoms with Crippen LogP contribution in [0.1, 0.15) is 28.5 Å². The number of nitrogens with one attached hydrogen (secondary N) is 3. The van der Waals surface area contributed by atoms with E-state index in [2.05, 4.69) is 16.0 Å². The summed E-state index contributed by atoms with van der Waals surface area (Å²) in [5.74, 6) is 0.310. The Hall–Kier alpha value is -4.62. The first-order valence-electron chi connectivity index (χ1n) is 11.6. The van der Waals surface area contributed by atoms with Crippen LogP contribution in [0.25, 0.3) is 6.08 Å². The minimum atomic E-state index is -0.582. The summed E-state index contributed by atoms with van der Waals surface area (Å²) >= 11 is 0. The smallest absolute Gasteiger partial charge is 0.248 e. The summed E-state index contributed by atoms with van der Waals surface area (Å²) in [5.41, 5.74) is 9.58. The van der Waals surface area contributed by atoms with Crippen LogP contribution in [0.5, 0.6) is 0 Å². The van der Waals surface area contributed by atoms with Crippen molar-refractivity contribution in [3.05, 3.63) is 126 Å². The Kier molecular flexibility index (Phi) is 8.30. The maximum Gasteiger partial charge on any atom is 0.248 e. The summed E-state index contributed by atoms with van der Waals surface area (Å²) in [6, 6.07) is 27.4. The Morgan fingerprint density at radius 1 is 0.861 bits per heavy atom. The number of rotatable bonds is 10. The molecule has 2 amide bonds. The molecule has 0 aliphatic rings. The average Bonchev–Trinajstić information content (AvgIpc) is 3.43. The van der Waals surface area contributed by atoms with Crippen LogP contribution in [-0.4, -0.2) is 11.8 Å². The van der Waals surface area contributed by atoms with Crippen molar-refractivity contribution >= 4 is 29.3 Å². The van der Waals surface area contributed by atoms with Crippen molar-refractivity contribution in [3.63, 3.8) is 0 Å². The van der Waals surface area contributed by atoms with Gasteiger partial charge in [-0.15, -0.1) is 0 Å². The van der Waals surface area contributed by atoms with Gasteiger partial charge < -0.3 is 20.8 Å². The minimum absolute atomic E-state index is 0.145. The van der Waals surface area contributed by atoms with E-state index in [0.29, 0.717) is 24.5 Å². The lowest BCUT2D eigenvalue weighted by Gasteiger charge is -2.19. The van der Waals surface area contributed by atoms with Gasteiger partial charge in [-0.1, -0.05) is 66.7 Å². The SMILES string of the molecule is Nc1ccccc1NC(=O)/C=C/c1ccc(C(NCc2ccco2)C(=O)NCc2ccccc2)cc1. The van der Waals surface area contributed by atoms with Crippen molar-refractivity contribution in [2.45, 2.75) is 19.1 Å². The highest BCUT2D eigenvalue weighted by molar-refractivity contribution is 6.03. The molecule has 0 aliphatic heterocycles. The molecule has 1 heterocycles. The van der Waals surface area contributed by atoms with E-state index < -0.39 is 6.04 Å². The number of benzene rings is 3. The molecule has 4 aromatic rings. The van der Waals surface area contributed by atoms with E-state index in [4.69, 9.17) is 10.2 Å². The lowest BCUT2D eigenvalue weighted by Crippen LogP contribution is -2.37. The molecule has 7 heteroatoms. The third kappa shape index (κ3) is 6.94. The fraction of sp³-hybridized carbons (Fsp3) is 0.103. The maximum absolute atomic E-state index is 13.1. The first-order chi connectivity index (χ1) is 17.6. The van der Waals surface area contributed by atoms with E-state index in [-0.39, 0.29) is 11.8 Å². The van der Waals surface area contributed by atoms with Gasteiger partial charge in [0, 0.05) is 12.6 Å². The van der Waals surface area contributed by atoms with Crippen LogP contribution < -0.4 is 21.7 Å². The van der Waals surface area contributed by atoms with Crippen molar-refractivity contribution in [3.8, 4) is 0 Å². The second-order valence-electron chi connectivity index (χ2n) is 8.17. The number of furan rings is 1. The molecule has 0 saturated carbocycles. The number of nitrogen functional groups attached to an aromatic ring is 1. The average molecular weight is 481 g/mol. The molecule has 0 bridgehead atoms. The molecule has 36 heavy (non-hydrogen) atoms. The molecule has 0 saturated heterocycles. The van der Waals surface area contributed by atoms with Gasteiger partial charge in [-0.3, -0.25) is 14.9 Å². The van der Waals surface area contributed by atoms with Gasteiger partial charge in [0.05, 0.1) is 24.2 Å². The molecule has 5 N–H and O–H groups in total. The molecule has 0 fully saturated rings. The van der Waals surface area contributed by atoms with Crippen molar-refractivity contribution in [1.29, 1.82) is 0 Å². The molecular formula is C29H28N4O3. The summed E-state index contributed by atoms with van der Waals surface area (Å²) < 4.78 is 5.40. The van der Waals surface area contributed by atoms with Crippen molar-refractivity contribution in [1.82, 2.24) is 10.6 Å². The molecule has 4 rings (SSSR count). The van der Waals surface area contributed by atoms with Gasteiger partial charge in [-0.25, -0.2) is 0 Å². The van der Waals surface area contributed by atoms with Gasteiger partial charge in [-0.05, 0) is 47.0 Å². The van der Waals surface area contributed by atoms with Gasteiger partial charge in [0.15, 0.2) is 0 Å². The predicted molar refractivity (Wildman–Crippen MR) is 142 cm³/mol. The second-order valence-corrected chi connectivity index (χ2v) is 8.17. The van der Waals surface area contributed by atoms with Crippen LogP contribution >= 0.6 is 0 Å². The highest BCUT2D eigenvalue weighted by Crippen LogP contribution is 2.18. The van der Waals surface area contributed by atoms with E-state index in [1.54, 1.807) is 36.6 Å². The van der Waals surface area contributed by atoms with Crippen molar-refractivity contribution in [2.24, 2.45) is 0 Å². The summed E-state index contributed by atoms with van der Waals surface area (Å²) in [5, 5.41) is 9.04. The molecule has 0 spiro atoms. The maximum atomic E-state index is 13.1. The third-order valence-corrected chi connectivity index (χ3v) is 5.55. The highest BCUT2D eigenvalue weighted by atomic mass is 16.3. The van der Waals surface area contributed by atoms with Crippen molar-refractivity contribution in [2.75, 3.05) is 11.1 Å². The molecule has 0 radical (unpaired) electrons. The summed E-state index contributed by atoms with van der Waals surface area (Å²) in [6.07, 6.45) is 4.75. The van der Waals surface area contributed by atoms with E-state index in [0.717, 1.165) is 22.5 Å². The number of carbonyl (C=O) groups excluding carboxylic acids is 2. The van der Waals surface area contributed by atoms with Gasteiger partial charge in [-0.2, -0.15) is 0 Å². The summed E-state index contributed by atoms with van der Waals surface area (Å²) in [7, 11) is 0. The molecule has 182 valence electrons.